The van der Waals surface area contributed by atoms with Crippen LogP contribution in [-0.2, 0) is 0 Å². The van der Waals surface area contributed by atoms with Crippen LogP contribution in [0.1, 0.15) is 23.2 Å². The minimum atomic E-state index is -0.00446. The topological polar surface area (TPSA) is 64.5 Å². The predicted octanol–water partition coefficient (Wildman–Crippen LogP) is 2.93. The zero-order chi connectivity index (χ0) is 16.9. The van der Waals surface area contributed by atoms with Gasteiger partial charge in [-0.2, -0.15) is 0 Å². The van der Waals surface area contributed by atoms with Gasteiger partial charge < -0.3 is 14.4 Å². The molecule has 7 heteroatoms. The van der Waals surface area contributed by atoms with Crippen LogP contribution in [0, 0.1) is 0 Å². The lowest BCUT2D eigenvalue weighted by Crippen LogP contribution is -2.42. The number of hydrogen-bond acceptors (Lipinski definition) is 5. The van der Waals surface area contributed by atoms with E-state index >= 15 is 0 Å². The number of benzene rings is 1. The van der Waals surface area contributed by atoms with Gasteiger partial charge in [0.2, 0.25) is 0 Å². The number of rotatable bonds is 4. The molecule has 0 saturated carbocycles. The van der Waals surface area contributed by atoms with Crippen LogP contribution < -0.4 is 9.47 Å². The average Bonchev–Trinajstić information content (AvgIpc) is 2.63. The number of methoxy groups -OCH3 is 1. The number of hydrogen-bond donors (Lipinski definition) is 0. The van der Waals surface area contributed by atoms with Gasteiger partial charge in [0.05, 0.1) is 12.7 Å². The maximum atomic E-state index is 12.7. The fourth-order valence-electron chi connectivity index (χ4n) is 2.64. The Morgan fingerprint density at radius 1 is 1.25 bits per heavy atom. The normalized spacial score (nSPS) is 15.2. The highest BCUT2D eigenvalue weighted by atomic mass is 79.9. The quantitative estimate of drug-likeness (QED) is 0.801. The summed E-state index contributed by atoms with van der Waals surface area (Å²) in [4.78, 5) is 22.7. The van der Waals surface area contributed by atoms with Crippen molar-refractivity contribution in [1.29, 1.82) is 0 Å². The van der Waals surface area contributed by atoms with Crippen LogP contribution >= 0.6 is 15.9 Å². The first-order valence-electron chi connectivity index (χ1n) is 7.74. The van der Waals surface area contributed by atoms with E-state index in [1.807, 2.05) is 17.0 Å². The lowest BCUT2D eigenvalue weighted by atomic mass is 10.1. The van der Waals surface area contributed by atoms with Crippen molar-refractivity contribution in [3.05, 3.63) is 46.7 Å². The van der Waals surface area contributed by atoms with Crippen molar-refractivity contribution in [3.8, 4) is 11.8 Å². The molecule has 24 heavy (non-hydrogen) atoms. The largest absolute Gasteiger partial charge is 0.497 e. The van der Waals surface area contributed by atoms with E-state index in [-0.39, 0.29) is 12.0 Å². The molecule has 0 N–H and O–H groups in total. The monoisotopic (exact) mass is 391 g/mol. The van der Waals surface area contributed by atoms with E-state index in [1.54, 1.807) is 31.6 Å². The highest BCUT2D eigenvalue weighted by Gasteiger charge is 2.26. The Morgan fingerprint density at radius 3 is 2.62 bits per heavy atom. The first-order valence-corrected chi connectivity index (χ1v) is 8.53. The molecule has 1 aliphatic rings. The fraction of sp³-hybridized carbons (Fsp3) is 0.353. The average molecular weight is 392 g/mol. The molecular weight excluding hydrogens is 374 g/mol. The summed E-state index contributed by atoms with van der Waals surface area (Å²) >= 11 is 3.44. The van der Waals surface area contributed by atoms with Crippen molar-refractivity contribution in [2.24, 2.45) is 0 Å². The fourth-order valence-corrected chi connectivity index (χ4v) is 3.05. The minimum Gasteiger partial charge on any atom is -0.497 e. The Hall–Kier alpha value is -2.15. The van der Waals surface area contributed by atoms with Gasteiger partial charge in [-0.3, -0.25) is 4.79 Å². The summed E-state index contributed by atoms with van der Waals surface area (Å²) in [5.41, 5.74) is 0.611. The van der Waals surface area contributed by atoms with Crippen molar-refractivity contribution >= 4 is 21.8 Å². The Labute approximate surface area is 148 Å². The molecule has 6 nitrogen and oxygen atoms in total. The van der Waals surface area contributed by atoms with E-state index < -0.39 is 0 Å². The second-order valence-corrected chi connectivity index (χ2v) is 6.34. The third kappa shape index (κ3) is 3.84. The van der Waals surface area contributed by atoms with E-state index in [0.29, 0.717) is 30.4 Å². The van der Waals surface area contributed by atoms with Gasteiger partial charge in [0.1, 0.15) is 11.9 Å². The molecular formula is C17H18BrN3O3. The molecule has 0 unspecified atom stereocenters. The summed E-state index contributed by atoms with van der Waals surface area (Å²) < 4.78 is 11.7. The Kier molecular flexibility index (Phi) is 5.30. The zero-order valence-electron chi connectivity index (χ0n) is 13.3. The van der Waals surface area contributed by atoms with Gasteiger partial charge in [-0.1, -0.05) is 0 Å². The molecule has 3 rings (SSSR count). The van der Waals surface area contributed by atoms with Crippen LogP contribution in [0.4, 0.5) is 0 Å². The van der Waals surface area contributed by atoms with Crippen molar-refractivity contribution in [1.82, 2.24) is 14.9 Å². The van der Waals surface area contributed by atoms with Crippen molar-refractivity contribution in [2.75, 3.05) is 20.2 Å². The summed E-state index contributed by atoms with van der Waals surface area (Å²) in [6, 6.07) is 7.54. The Balaban J connectivity index is 1.61. The van der Waals surface area contributed by atoms with Gasteiger partial charge in [-0.05, 0) is 40.2 Å². The number of carbonyl (C=O) groups excluding carboxylic acids is 1. The number of amides is 1. The number of carbonyl (C=O) groups is 1. The Morgan fingerprint density at radius 2 is 1.96 bits per heavy atom. The second kappa shape index (κ2) is 7.61. The minimum absolute atomic E-state index is 0.00446. The molecule has 1 fully saturated rings. The molecule has 1 amide bonds. The van der Waals surface area contributed by atoms with Gasteiger partial charge in [-0.25, -0.2) is 9.97 Å². The predicted molar refractivity (Wildman–Crippen MR) is 92.3 cm³/mol. The number of halogens is 1. The number of piperidine rings is 1. The summed E-state index contributed by atoms with van der Waals surface area (Å²) in [7, 11) is 1.59. The summed E-state index contributed by atoms with van der Waals surface area (Å²) in [6.07, 6.45) is 4.85. The third-order valence-electron chi connectivity index (χ3n) is 3.95. The van der Waals surface area contributed by atoms with Crippen LogP contribution in [0.15, 0.2) is 41.1 Å². The van der Waals surface area contributed by atoms with Gasteiger partial charge >= 0.3 is 6.01 Å². The zero-order valence-corrected chi connectivity index (χ0v) is 14.9. The van der Waals surface area contributed by atoms with Crippen LogP contribution in [0.25, 0.3) is 0 Å². The smallest absolute Gasteiger partial charge is 0.316 e. The highest BCUT2D eigenvalue weighted by Crippen LogP contribution is 2.25. The maximum Gasteiger partial charge on any atom is 0.316 e. The van der Waals surface area contributed by atoms with E-state index in [4.69, 9.17) is 9.47 Å². The van der Waals surface area contributed by atoms with E-state index in [1.165, 1.54) is 0 Å². The molecule has 0 aliphatic carbocycles. The number of ether oxygens (including phenoxy) is 2. The Bertz CT molecular complexity index is 703. The second-order valence-electron chi connectivity index (χ2n) is 5.49. The van der Waals surface area contributed by atoms with Crippen LogP contribution in [0.5, 0.6) is 11.8 Å². The molecule has 2 aromatic rings. The summed E-state index contributed by atoms with van der Waals surface area (Å²) in [5.74, 6) is 0.663. The van der Waals surface area contributed by atoms with Crippen molar-refractivity contribution < 1.29 is 14.3 Å². The number of aromatic nitrogens is 2. The molecule has 126 valence electrons. The first kappa shape index (κ1) is 16.7. The molecule has 0 spiro atoms. The summed E-state index contributed by atoms with van der Waals surface area (Å²) in [6.45, 7) is 1.28. The SMILES string of the molecule is COc1ccc(Br)c(C(=O)N2CCC(Oc3ncccn3)CC2)c1. The van der Waals surface area contributed by atoms with Crippen molar-refractivity contribution in [3.63, 3.8) is 0 Å². The van der Waals surface area contributed by atoms with Crippen LogP contribution in [0.2, 0.25) is 0 Å². The van der Waals surface area contributed by atoms with Crippen LogP contribution in [0.3, 0.4) is 0 Å². The van der Waals surface area contributed by atoms with E-state index in [9.17, 15) is 4.79 Å². The maximum absolute atomic E-state index is 12.7. The van der Waals surface area contributed by atoms with Crippen LogP contribution in [-0.4, -0.2) is 47.1 Å². The lowest BCUT2D eigenvalue weighted by molar-refractivity contribution is 0.0577. The third-order valence-corrected chi connectivity index (χ3v) is 4.64. The molecule has 0 bridgehead atoms. The molecule has 0 radical (unpaired) electrons. The number of likely N-dealkylation sites (tertiary alicyclic amines) is 1. The molecule has 0 atom stereocenters. The van der Waals surface area contributed by atoms with E-state index in [0.717, 1.165) is 17.3 Å². The van der Waals surface area contributed by atoms with Gasteiger partial charge in [-0.15, -0.1) is 0 Å². The molecule has 1 saturated heterocycles. The van der Waals surface area contributed by atoms with Crippen molar-refractivity contribution in [2.45, 2.75) is 18.9 Å². The standard InChI is InChI=1S/C17H18BrN3O3/c1-23-13-3-4-15(18)14(11-13)16(22)21-9-5-12(6-10-21)24-17-19-7-2-8-20-17/h2-4,7-8,11-12H,5-6,9-10H2,1H3. The van der Waals surface area contributed by atoms with Gasteiger partial charge in [0.25, 0.3) is 5.91 Å². The van der Waals surface area contributed by atoms with E-state index in [2.05, 4.69) is 25.9 Å². The molecule has 1 aromatic carbocycles. The number of nitrogens with zero attached hydrogens (tertiary/aromatic N) is 3. The summed E-state index contributed by atoms with van der Waals surface area (Å²) in [5, 5.41) is 0. The lowest BCUT2D eigenvalue weighted by Gasteiger charge is -2.32. The van der Waals surface area contributed by atoms with Gasteiger partial charge in [0.15, 0.2) is 0 Å². The van der Waals surface area contributed by atoms with Gasteiger partial charge in [0, 0.05) is 42.8 Å². The highest BCUT2D eigenvalue weighted by molar-refractivity contribution is 9.10. The molecule has 1 aromatic heterocycles. The molecule has 1 aliphatic heterocycles. The molecule has 2 heterocycles. The first-order chi connectivity index (χ1) is 11.7.